The van der Waals surface area contributed by atoms with Gasteiger partial charge in [-0.2, -0.15) is 0 Å². The van der Waals surface area contributed by atoms with Crippen molar-refractivity contribution < 1.29 is 0 Å². The number of aromatic nitrogens is 1. The summed E-state index contributed by atoms with van der Waals surface area (Å²) in [5, 5.41) is 7.25. The summed E-state index contributed by atoms with van der Waals surface area (Å²) < 4.78 is 0. The summed E-state index contributed by atoms with van der Waals surface area (Å²) in [6, 6.07) is 4.38. The standard InChI is InChI=1S/C17H28ClN5/c1-4-19-17(22-12-15(23(2)3)14-6-7-14)20-10-9-13-5-8-16(18)21-11-13/h5,8,11,14-15H,4,6-7,9-10,12H2,1-3H3,(H2,19,20,22). The van der Waals surface area contributed by atoms with Gasteiger partial charge in [0, 0.05) is 25.3 Å². The van der Waals surface area contributed by atoms with Crippen LogP contribution in [0.15, 0.2) is 23.3 Å². The minimum atomic E-state index is 0.534. The summed E-state index contributed by atoms with van der Waals surface area (Å²) in [7, 11) is 4.29. The fraction of sp³-hybridized carbons (Fsp3) is 0.647. The van der Waals surface area contributed by atoms with Crippen LogP contribution in [0.2, 0.25) is 5.15 Å². The minimum absolute atomic E-state index is 0.534. The summed E-state index contributed by atoms with van der Waals surface area (Å²) in [4.78, 5) is 11.2. The fourth-order valence-electron chi connectivity index (χ4n) is 2.62. The molecular weight excluding hydrogens is 310 g/mol. The fourth-order valence-corrected chi connectivity index (χ4v) is 2.73. The number of guanidine groups is 1. The Morgan fingerprint density at radius 1 is 1.39 bits per heavy atom. The Bertz CT molecular complexity index is 494. The molecule has 0 spiro atoms. The third-order valence-corrected chi connectivity index (χ3v) is 4.33. The van der Waals surface area contributed by atoms with Crippen molar-refractivity contribution in [1.82, 2.24) is 20.5 Å². The van der Waals surface area contributed by atoms with Crippen molar-refractivity contribution in [3.63, 3.8) is 0 Å². The average Bonchev–Trinajstić information content (AvgIpc) is 3.34. The Balaban J connectivity index is 1.82. The van der Waals surface area contributed by atoms with E-state index in [-0.39, 0.29) is 0 Å². The zero-order chi connectivity index (χ0) is 16.7. The lowest BCUT2D eigenvalue weighted by atomic mass is 10.2. The average molecular weight is 338 g/mol. The molecule has 128 valence electrons. The molecule has 1 fully saturated rings. The number of aliphatic imine (C=N–C) groups is 1. The number of hydrogen-bond donors (Lipinski definition) is 2. The maximum absolute atomic E-state index is 5.80. The highest BCUT2D eigenvalue weighted by Gasteiger charge is 2.32. The Morgan fingerprint density at radius 3 is 2.74 bits per heavy atom. The number of likely N-dealkylation sites (N-methyl/N-ethyl adjacent to an activating group) is 1. The Labute approximate surface area is 144 Å². The SMILES string of the molecule is CCNC(=NCC(C1CC1)N(C)C)NCCc1ccc(Cl)nc1. The molecule has 0 amide bonds. The predicted octanol–water partition coefficient (Wildman–Crippen LogP) is 2.17. The number of nitrogens with zero attached hydrogens (tertiary/aromatic N) is 3. The zero-order valence-corrected chi connectivity index (χ0v) is 15.1. The van der Waals surface area contributed by atoms with Crippen LogP contribution >= 0.6 is 11.6 Å². The first kappa shape index (κ1) is 18.0. The number of nitrogens with one attached hydrogen (secondary N) is 2. The molecule has 1 heterocycles. The topological polar surface area (TPSA) is 52.6 Å². The molecule has 1 aromatic rings. The molecule has 0 saturated heterocycles. The van der Waals surface area contributed by atoms with Crippen molar-refractivity contribution in [1.29, 1.82) is 0 Å². The molecule has 1 unspecified atom stereocenters. The van der Waals surface area contributed by atoms with Gasteiger partial charge in [-0.25, -0.2) is 4.98 Å². The largest absolute Gasteiger partial charge is 0.357 e. The van der Waals surface area contributed by atoms with E-state index in [1.54, 1.807) is 0 Å². The van der Waals surface area contributed by atoms with Crippen molar-refractivity contribution >= 4 is 17.6 Å². The van der Waals surface area contributed by atoms with Crippen LogP contribution in [0.25, 0.3) is 0 Å². The van der Waals surface area contributed by atoms with Crippen LogP contribution in [0.5, 0.6) is 0 Å². The molecule has 2 N–H and O–H groups in total. The van der Waals surface area contributed by atoms with E-state index >= 15 is 0 Å². The molecule has 0 radical (unpaired) electrons. The number of hydrogen-bond acceptors (Lipinski definition) is 3. The number of halogens is 1. The van der Waals surface area contributed by atoms with E-state index in [0.717, 1.165) is 37.9 Å². The van der Waals surface area contributed by atoms with Gasteiger partial charge in [-0.05, 0) is 57.8 Å². The third-order valence-electron chi connectivity index (χ3n) is 4.10. The van der Waals surface area contributed by atoms with Crippen molar-refractivity contribution in [2.24, 2.45) is 10.9 Å². The Morgan fingerprint density at radius 2 is 2.17 bits per heavy atom. The molecule has 0 aliphatic heterocycles. The summed E-state index contributed by atoms with van der Waals surface area (Å²) >= 11 is 5.80. The van der Waals surface area contributed by atoms with E-state index in [2.05, 4.69) is 41.5 Å². The predicted molar refractivity (Wildman–Crippen MR) is 97.1 cm³/mol. The second-order valence-electron chi connectivity index (χ2n) is 6.25. The highest BCUT2D eigenvalue weighted by atomic mass is 35.5. The van der Waals surface area contributed by atoms with E-state index < -0.39 is 0 Å². The number of pyridine rings is 1. The van der Waals surface area contributed by atoms with E-state index in [9.17, 15) is 0 Å². The van der Waals surface area contributed by atoms with Crippen LogP contribution in [-0.4, -0.2) is 55.6 Å². The van der Waals surface area contributed by atoms with E-state index in [4.69, 9.17) is 16.6 Å². The van der Waals surface area contributed by atoms with Gasteiger partial charge in [0.2, 0.25) is 0 Å². The maximum atomic E-state index is 5.80. The van der Waals surface area contributed by atoms with Crippen molar-refractivity contribution in [3.8, 4) is 0 Å². The van der Waals surface area contributed by atoms with Crippen LogP contribution in [0.3, 0.4) is 0 Å². The van der Waals surface area contributed by atoms with Crippen LogP contribution < -0.4 is 10.6 Å². The van der Waals surface area contributed by atoms with Crippen molar-refractivity contribution in [2.75, 3.05) is 33.7 Å². The molecule has 1 aliphatic rings. The van der Waals surface area contributed by atoms with Gasteiger partial charge >= 0.3 is 0 Å². The Kier molecular flexibility index (Phi) is 7.12. The molecule has 0 bridgehead atoms. The van der Waals surface area contributed by atoms with Crippen LogP contribution in [-0.2, 0) is 6.42 Å². The van der Waals surface area contributed by atoms with Crippen molar-refractivity contribution in [2.45, 2.75) is 32.2 Å². The van der Waals surface area contributed by atoms with E-state index in [1.807, 2.05) is 18.3 Å². The zero-order valence-electron chi connectivity index (χ0n) is 14.3. The van der Waals surface area contributed by atoms with Crippen LogP contribution in [0.1, 0.15) is 25.3 Å². The lowest BCUT2D eigenvalue weighted by Crippen LogP contribution is -2.40. The van der Waals surface area contributed by atoms with Gasteiger partial charge in [-0.3, -0.25) is 4.99 Å². The highest BCUT2D eigenvalue weighted by molar-refractivity contribution is 6.29. The lowest BCUT2D eigenvalue weighted by Gasteiger charge is -2.23. The maximum Gasteiger partial charge on any atom is 0.191 e. The van der Waals surface area contributed by atoms with Gasteiger partial charge in [-0.1, -0.05) is 17.7 Å². The van der Waals surface area contributed by atoms with Crippen LogP contribution in [0.4, 0.5) is 0 Å². The quantitative estimate of drug-likeness (QED) is 0.434. The Hall–Kier alpha value is -1.33. The lowest BCUT2D eigenvalue weighted by molar-refractivity contribution is 0.271. The molecule has 6 heteroatoms. The molecule has 1 saturated carbocycles. The summed E-state index contributed by atoms with van der Waals surface area (Å²) in [5.74, 6) is 1.71. The normalized spacial score (nSPS) is 16.5. The first-order chi connectivity index (χ1) is 11.1. The summed E-state index contributed by atoms with van der Waals surface area (Å²) in [6.45, 7) is 4.62. The highest BCUT2D eigenvalue weighted by Crippen LogP contribution is 2.34. The van der Waals surface area contributed by atoms with E-state index in [1.165, 1.54) is 18.4 Å². The first-order valence-corrected chi connectivity index (χ1v) is 8.77. The number of rotatable bonds is 8. The second kappa shape index (κ2) is 9.08. The monoisotopic (exact) mass is 337 g/mol. The van der Waals surface area contributed by atoms with E-state index in [0.29, 0.717) is 11.2 Å². The first-order valence-electron chi connectivity index (χ1n) is 8.39. The van der Waals surface area contributed by atoms with Gasteiger partial charge < -0.3 is 15.5 Å². The van der Waals surface area contributed by atoms with Gasteiger partial charge in [0.15, 0.2) is 5.96 Å². The molecule has 5 nitrogen and oxygen atoms in total. The minimum Gasteiger partial charge on any atom is -0.357 e. The summed E-state index contributed by atoms with van der Waals surface area (Å²) in [5.41, 5.74) is 1.17. The molecule has 0 aromatic carbocycles. The van der Waals surface area contributed by atoms with Gasteiger partial charge in [0.05, 0.1) is 6.54 Å². The molecule has 1 aromatic heterocycles. The molecule has 2 rings (SSSR count). The molecular formula is C17H28ClN5. The van der Waals surface area contributed by atoms with Crippen molar-refractivity contribution in [3.05, 3.63) is 29.0 Å². The van der Waals surface area contributed by atoms with Gasteiger partial charge in [0.25, 0.3) is 0 Å². The molecule has 1 aliphatic carbocycles. The van der Waals surface area contributed by atoms with Gasteiger partial charge in [0.1, 0.15) is 5.15 Å². The second-order valence-corrected chi connectivity index (χ2v) is 6.64. The van der Waals surface area contributed by atoms with Gasteiger partial charge in [-0.15, -0.1) is 0 Å². The molecule has 23 heavy (non-hydrogen) atoms. The smallest absolute Gasteiger partial charge is 0.191 e. The molecule has 1 atom stereocenters. The summed E-state index contributed by atoms with van der Waals surface area (Å²) in [6.07, 6.45) is 5.40. The third kappa shape index (κ3) is 6.36. The van der Waals surface area contributed by atoms with Crippen LogP contribution in [0, 0.1) is 5.92 Å².